The van der Waals surface area contributed by atoms with Crippen LogP contribution in [0, 0.1) is 11.8 Å². The molecule has 21 heavy (non-hydrogen) atoms. The second-order valence-corrected chi connectivity index (χ2v) is 5.74. The van der Waals surface area contributed by atoms with Gasteiger partial charge < -0.3 is 15.8 Å². The van der Waals surface area contributed by atoms with Crippen LogP contribution in [0.4, 0.5) is 5.69 Å². The number of para-hydroxylation sites is 1. The van der Waals surface area contributed by atoms with E-state index in [2.05, 4.69) is 5.32 Å². The van der Waals surface area contributed by atoms with Crippen LogP contribution in [0.1, 0.15) is 38.2 Å². The number of nitrogens with one attached hydrogen (secondary N) is 1. The van der Waals surface area contributed by atoms with E-state index < -0.39 is 0 Å². The number of nitrogens with two attached hydrogens (primary N) is 1. The van der Waals surface area contributed by atoms with Crippen molar-refractivity contribution in [2.75, 3.05) is 18.5 Å². The number of amides is 1. The SMILES string of the molecule is CCOCc1ccccc1NC(=O)C1CCC(CN)CC1. The summed E-state index contributed by atoms with van der Waals surface area (Å²) in [7, 11) is 0. The number of hydrogen-bond acceptors (Lipinski definition) is 3. The lowest BCUT2D eigenvalue weighted by molar-refractivity contribution is -0.121. The highest BCUT2D eigenvalue weighted by atomic mass is 16.5. The van der Waals surface area contributed by atoms with Gasteiger partial charge >= 0.3 is 0 Å². The van der Waals surface area contributed by atoms with Gasteiger partial charge in [-0.25, -0.2) is 0 Å². The minimum atomic E-state index is 0.118. The lowest BCUT2D eigenvalue weighted by atomic mass is 9.81. The first-order chi connectivity index (χ1) is 10.2. The zero-order valence-corrected chi connectivity index (χ0v) is 12.8. The van der Waals surface area contributed by atoms with Crippen molar-refractivity contribution in [1.82, 2.24) is 0 Å². The molecule has 0 unspecified atom stereocenters. The van der Waals surface area contributed by atoms with Crippen LogP contribution in [0.15, 0.2) is 24.3 Å². The number of carbonyl (C=O) groups is 1. The van der Waals surface area contributed by atoms with Crippen molar-refractivity contribution >= 4 is 11.6 Å². The van der Waals surface area contributed by atoms with Crippen LogP contribution in [0.25, 0.3) is 0 Å². The Morgan fingerprint density at radius 3 is 2.67 bits per heavy atom. The van der Waals surface area contributed by atoms with Gasteiger partial charge in [-0.15, -0.1) is 0 Å². The van der Waals surface area contributed by atoms with Gasteiger partial charge in [0.2, 0.25) is 5.91 Å². The lowest BCUT2D eigenvalue weighted by Gasteiger charge is -2.27. The number of ether oxygens (including phenoxy) is 1. The van der Waals surface area contributed by atoms with Crippen molar-refractivity contribution in [1.29, 1.82) is 0 Å². The number of anilines is 1. The Morgan fingerprint density at radius 1 is 1.29 bits per heavy atom. The molecule has 1 aliphatic rings. The molecule has 4 nitrogen and oxygen atoms in total. The molecule has 1 fully saturated rings. The number of rotatable bonds is 6. The zero-order chi connectivity index (χ0) is 15.1. The van der Waals surface area contributed by atoms with Gasteiger partial charge in [-0.05, 0) is 51.1 Å². The molecule has 1 aromatic carbocycles. The molecule has 0 saturated heterocycles. The third-order valence-electron chi connectivity index (χ3n) is 4.29. The van der Waals surface area contributed by atoms with E-state index in [1.54, 1.807) is 0 Å². The summed E-state index contributed by atoms with van der Waals surface area (Å²) in [5.74, 6) is 0.849. The maximum Gasteiger partial charge on any atom is 0.227 e. The van der Waals surface area contributed by atoms with E-state index in [0.29, 0.717) is 19.1 Å². The molecule has 1 aromatic rings. The highest BCUT2D eigenvalue weighted by Gasteiger charge is 2.25. The minimum absolute atomic E-state index is 0.118. The summed E-state index contributed by atoms with van der Waals surface area (Å²) in [6, 6.07) is 7.85. The van der Waals surface area contributed by atoms with Crippen LogP contribution >= 0.6 is 0 Å². The summed E-state index contributed by atoms with van der Waals surface area (Å²) >= 11 is 0. The molecule has 2 rings (SSSR count). The quantitative estimate of drug-likeness (QED) is 0.846. The standard InChI is InChI=1S/C17H26N2O2/c1-2-21-12-15-5-3-4-6-16(15)19-17(20)14-9-7-13(11-18)8-10-14/h3-6,13-14H,2,7-12,18H2,1H3,(H,19,20). The molecule has 0 radical (unpaired) electrons. The molecule has 1 amide bonds. The largest absolute Gasteiger partial charge is 0.377 e. The summed E-state index contributed by atoms with van der Waals surface area (Å²) in [4.78, 5) is 12.4. The normalized spacial score (nSPS) is 22.0. The van der Waals surface area contributed by atoms with Gasteiger partial charge in [0.25, 0.3) is 0 Å². The van der Waals surface area contributed by atoms with E-state index in [-0.39, 0.29) is 11.8 Å². The molecule has 0 aliphatic heterocycles. The average molecular weight is 290 g/mol. The zero-order valence-electron chi connectivity index (χ0n) is 12.8. The highest BCUT2D eigenvalue weighted by Crippen LogP contribution is 2.29. The average Bonchev–Trinajstić information content (AvgIpc) is 2.54. The molecule has 116 valence electrons. The van der Waals surface area contributed by atoms with E-state index in [1.165, 1.54) is 0 Å². The van der Waals surface area contributed by atoms with Crippen LogP contribution in [-0.4, -0.2) is 19.1 Å². The van der Waals surface area contributed by atoms with Crippen molar-refractivity contribution in [2.24, 2.45) is 17.6 Å². The van der Waals surface area contributed by atoms with Gasteiger partial charge in [0.15, 0.2) is 0 Å². The van der Waals surface area contributed by atoms with Crippen LogP contribution in [-0.2, 0) is 16.1 Å². The van der Waals surface area contributed by atoms with Crippen molar-refractivity contribution < 1.29 is 9.53 Å². The molecule has 0 bridgehead atoms. The van der Waals surface area contributed by atoms with Crippen LogP contribution in [0.5, 0.6) is 0 Å². The lowest BCUT2D eigenvalue weighted by Crippen LogP contribution is -2.29. The summed E-state index contributed by atoms with van der Waals surface area (Å²) in [6.07, 6.45) is 4.02. The Hall–Kier alpha value is -1.39. The fourth-order valence-corrected chi connectivity index (χ4v) is 2.88. The molecule has 3 N–H and O–H groups in total. The van der Waals surface area contributed by atoms with Gasteiger partial charge in [-0.3, -0.25) is 4.79 Å². The van der Waals surface area contributed by atoms with Crippen LogP contribution in [0.2, 0.25) is 0 Å². The summed E-state index contributed by atoms with van der Waals surface area (Å²) in [5, 5.41) is 3.07. The van der Waals surface area contributed by atoms with E-state index in [0.717, 1.165) is 43.5 Å². The number of benzene rings is 1. The summed E-state index contributed by atoms with van der Waals surface area (Å²) in [6.45, 7) is 3.92. The molecule has 0 atom stereocenters. The fraction of sp³-hybridized carbons (Fsp3) is 0.588. The second kappa shape index (κ2) is 8.15. The van der Waals surface area contributed by atoms with Crippen molar-refractivity contribution in [3.05, 3.63) is 29.8 Å². The molecule has 4 heteroatoms. The topological polar surface area (TPSA) is 64.3 Å². The predicted molar refractivity (Wildman–Crippen MR) is 84.9 cm³/mol. The highest BCUT2D eigenvalue weighted by molar-refractivity contribution is 5.93. The van der Waals surface area contributed by atoms with Crippen molar-refractivity contribution in [3.8, 4) is 0 Å². The van der Waals surface area contributed by atoms with Gasteiger partial charge in [0.1, 0.15) is 0 Å². The first kappa shape index (κ1) is 16.0. The van der Waals surface area contributed by atoms with E-state index >= 15 is 0 Å². The Labute approximate surface area is 127 Å². The Bertz CT molecular complexity index is 454. The molecule has 1 saturated carbocycles. The van der Waals surface area contributed by atoms with E-state index in [4.69, 9.17) is 10.5 Å². The third kappa shape index (κ3) is 4.55. The minimum Gasteiger partial charge on any atom is -0.377 e. The van der Waals surface area contributed by atoms with Crippen LogP contribution < -0.4 is 11.1 Å². The maximum absolute atomic E-state index is 12.4. The van der Waals surface area contributed by atoms with Gasteiger partial charge in [0.05, 0.1) is 6.61 Å². The Balaban J connectivity index is 1.93. The first-order valence-corrected chi connectivity index (χ1v) is 7.91. The second-order valence-electron chi connectivity index (χ2n) is 5.74. The summed E-state index contributed by atoms with van der Waals surface area (Å²) in [5.41, 5.74) is 7.60. The fourth-order valence-electron chi connectivity index (χ4n) is 2.88. The third-order valence-corrected chi connectivity index (χ3v) is 4.29. The Morgan fingerprint density at radius 2 is 2.00 bits per heavy atom. The first-order valence-electron chi connectivity index (χ1n) is 7.91. The molecule has 0 heterocycles. The van der Waals surface area contributed by atoms with Crippen LogP contribution in [0.3, 0.4) is 0 Å². The predicted octanol–water partition coefficient (Wildman–Crippen LogP) is 2.93. The smallest absolute Gasteiger partial charge is 0.227 e. The van der Waals surface area contributed by atoms with Crippen molar-refractivity contribution in [2.45, 2.75) is 39.2 Å². The molecular weight excluding hydrogens is 264 g/mol. The summed E-state index contributed by atoms with van der Waals surface area (Å²) < 4.78 is 5.45. The molecule has 0 spiro atoms. The van der Waals surface area contributed by atoms with Crippen molar-refractivity contribution in [3.63, 3.8) is 0 Å². The van der Waals surface area contributed by atoms with Gasteiger partial charge in [-0.1, -0.05) is 18.2 Å². The molecular formula is C17H26N2O2. The molecule has 0 aromatic heterocycles. The van der Waals surface area contributed by atoms with Gasteiger partial charge in [-0.2, -0.15) is 0 Å². The Kier molecular flexibility index (Phi) is 6.21. The maximum atomic E-state index is 12.4. The molecule has 1 aliphatic carbocycles. The number of hydrogen-bond donors (Lipinski definition) is 2. The monoisotopic (exact) mass is 290 g/mol. The number of carbonyl (C=O) groups excluding carboxylic acids is 1. The van der Waals surface area contributed by atoms with Gasteiger partial charge in [0, 0.05) is 23.8 Å². The van der Waals surface area contributed by atoms with E-state index in [1.807, 2.05) is 31.2 Å². The van der Waals surface area contributed by atoms with E-state index in [9.17, 15) is 4.79 Å².